The van der Waals surface area contributed by atoms with Crippen LogP contribution in [0.15, 0.2) is 29.2 Å². The van der Waals surface area contributed by atoms with Crippen molar-refractivity contribution in [1.29, 1.82) is 0 Å². The van der Waals surface area contributed by atoms with Crippen molar-refractivity contribution < 1.29 is 22.3 Å². The Bertz CT molecular complexity index is 674. The van der Waals surface area contributed by atoms with Crippen LogP contribution >= 0.6 is 0 Å². The summed E-state index contributed by atoms with van der Waals surface area (Å²) in [5, 5.41) is 5.47. The first kappa shape index (κ1) is 20.6. The summed E-state index contributed by atoms with van der Waals surface area (Å²) < 4.78 is 44.4. The fourth-order valence-corrected chi connectivity index (χ4v) is 4.38. The van der Waals surface area contributed by atoms with Crippen LogP contribution in [0.5, 0.6) is 0 Å². The third kappa shape index (κ3) is 5.93. The van der Waals surface area contributed by atoms with Crippen LogP contribution in [0.2, 0.25) is 0 Å². The number of benzene rings is 1. The SMILES string of the molecule is COCCNC(=O)NCCC1CCN(S(=O)(=O)c2ccc(F)cc2)CC1. The van der Waals surface area contributed by atoms with Crippen molar-refractivity contribution >= 4 is 16.1 Å². The molecule has 2 rings (SSSR count). The normalized spacial score (nSPS) is 16.4. The summed E-state index contributed by atoms with van der Waals surface area (Å²) in [5.41, 5.74) is 0. The number of methoxy groups -OCH3 is 1. The highest BCUT2D eigenvalue weighted by Gasteiger charge is 2.29. The topological polar surface area (TPSA) is 87.7 Å². The Morgan fingerprint density at radius 3 is 2.42 bits per heavy atom. The Hall–Kier alpha value is -1.71. The maximum Gasteiger partial charge on any atom is 0.314 e. The van der Waals surface area contributed by atoms with Gasteiger partial charge in [-0.05, 0) is 49.4 Å². The van der Waals surface area contributed by atoms with E-state index in [2.05, 4.69) is 10.6 Å². The molecule has 0 saturated carbocycles. The second-order valence-electron chi connectivity index (χ2n) is 6.27. The molecule has 1 heterocycles. The van der Waals surface area contributed by atoms with E-state index in [1.807, 2.05) is 0 Å². The first-order valence-corrected chi connectivity index (χ1v) is 10.1. The maximum absolute atomic E-state index is 13.0. The number of rotatable bonds is 8. The Balaban J connectivity index is 1.73. The number of sulfonamides is 1. The number of halogens is 1. The van der Waals surface area contributed by atoms with Gasteiger partial charge in [0.15, 0.2) is 0 Å². The van der Waals surface area contributed by atoms with Gasteiger partial charge in [0.1, 0.15) is 5.82 Å². The molecule has 0 aliphatic carbocycles. The van der Waals surface area contributed by atoms with E-state index in [4.69, 9.17) is 4.74 Å². The highest BCUT2D eigenvalue weighted by atomic mass is 32.2. The van der Waals surface area contributed by atoms with Crippen LogP contribution in [0.4, 0.5) is 9.18 Å². The van der Waals surface area contributed by atoms with Gasteiger partial charge in [-0.3, -0.25) is 0 Å². The third-order valence-electron chi connectivity index (χ3n) is 4.45. The van der Waals surface area contributed by atoms with Gasteiger partial charge in [0, 0.05) is 33.3 Å². The van der Waals surface area contributed by atoms with E-state index in [1.165, 1.54) is 16.4 Å². The van der Waals surface area contributed by atoms with Gasteiger partial charge in [-0.2, -0.15) is 4.31 Å². The van der Waals surface area contributed by atoms with Crippen molar-refractivity contribution in [3.05, 3.63) is 30.1 Å². The van der Waals surface area contributed by atoms with E-state index >= 15 is 0 Å². The van der Waals surface area contributed by atoms with E-state index in [0.29, 0.717) is 38.7 Å². The number of carbonyl (C=O) groups is 1. The molecule has 9 heteroatoms. The van der Waals surface area contributed by atoms with Gasteiger partial charge in [-0.25, -0.2) is 17.6 Å². The highest BCUT2D eigenvalue weighted by molar-refractivity contribution is 7.89. The van der Waals surface area contributed by atoms with Gasteiger partial charge in [-0.1, -0.05) is 0 Å². The first-order chi connectivity index (χ1) is 12.4. The van der Waals surface area contributed by atoms with Gasteiger partial charge in [0.2, 0.25) is 10.0 Å². The van der Waals surface area contributed by atoms with Crippen LogP contribution in [0, 0.1) is 11.7 Å². The maximum atomic E-state index is 13.0. The Morgan fingerprint density at radius 2 is 1.81 bits per heavy atom. The molecule has 0 atom stereocenters. The molecule has 1 aromatic carbocycles. The minimum absolute atomic E-state index is 0.117. The zero-order chi connectivity index (χ0) is 19.0. The lowest BCUT2D eigenvalue weighted by molar-refractivity contribution is 0.195. The quantitative estimate of drug-likeness (QED) is 0.663. The van der Waals surface area contributed by atoms with E-state index in [-0.39, 0.29) is 10.9 Å². The third-order valence-corrected chi connectivity index (χ3v) is 6.37. The Morgan fingerprint density at radius 1 is 1.19 bits per heavy atom. The number of piperidine rings is 1. The molecular weight excluding hydrogens is 361 g/mol. The van der Waals surface area contributed by atoms with Crippen molar-refractivity contribution in [2.24, 2.45) is 5.92 Å². The predicted octanol–water partition coefficient (Wildman–Crippen LogP) is 1.56. The second-order valence-corrected chi connectivity index (χ2v) is 8.20. The molecule has 0 bridgehead atoms. The average molecular weight is 387 g/mol. The monoisotopic (exact) mass is 387 g/mol. The van der Waals surface area contributed by atoms with Crippen molar-refractivity contribution in [3.8, 4) is 0 Å². The Labute approximate surface area is 154 Å². The lowest BCUT2D eigenvalue weighted by atomic mass is 9.95. The van der Waals surface area contributed by atoms with Crippen molar-refractivity contribution in [1.82, 2.24) is 14.9 Å². The summed E-state index contributed by atoms with van der Waals surface area (Å²) in [5.74, 6) is -0.0876. The van der Waals surface area contributed by atoms with Crippen LogP contribution in [0.25, 0.3) is 0 Å². The number of amides is 2. The molecule has 1 saturated heterocycles. The van der Waals surface area contributed by atoms with Gasteiger partial charge >= 0.3 is 6.03 Å². The molecule has 0 aromatic heterocycles. The number of ether oxygens (including phenoxy) is 1. The summed E-state index contributed by atoms with van der Waals surface area (Å²) in [6, 6.07) is 4.68. The molecule has 0 spiro atoms. The molecular formula is C17H26FN3O4S. The first-order valence-electron chi connectivity index (χ1n) is 8.70. The predicted molar refractivity (Wildman–Crippen MR) is 95.8 cm³/mol. The number of urea groups is 1. The number of nitrogens with one attached hydrogen (secondary N) is 2. The smallest absolute Gasteiger partial charge is 0.314 e. The van der Waals surface area contributed by atoms with Crippen LogP contribution in [0.1, 0.15) is 19.3 Å². The van der Waals surface area contributed by atoms with Crippen molar-refractivity contribution in [2.45, 2.75) is 24.2 Å². The highest BCUT2D eigenvalue weighted by Crippen LogP contribution is 2.25. The van der Waals surface area contributed by atoms with Crippen molar-refractivity contribution in [3.63, 3.8) is 0 Å². The molecule has 2 N–H and O–H groups in total. The van der Waals surface area contributed by atoms with Crippen LogP contribution < -0.4 is 10.6 Å². The average Bonchev–Trinajstić information content (AvgIpc) is 2.63. The summed E-state index contributed by atoms with van der Waals surface area (Å²) in [4.78, 5) is 11.6. The van der Waals surface area contributed by atoms with E-state index in [0.717, 1.165) is 31.4 Å². The van der Waals surface area contributed by atoms with E-state index in [1.54, 1.807) is 7.11 Å². The van der Waals surface area contributed by atoms with Crippen LogP contribution in [0.3, 0.4) is 0 Å². The summed E-state index contributed by atoms with van der Waals surface area (Å²) in [6.45, 7) is 2.35. The molecule has 146 valence electrons. The number of nitrogens with zero attached hydrogens (tertiary/aromatic N) is 1. The van der Waals surface area contributed by atoms with Crippen LogP contribution in [-0.2, 0) is 14.8 Å². The molecule has 0 radical (unpaired) electrons. The molecule has 1 fully saturated rings. The number of hydrogen-bond donors (Lipinski definition) is 2. The molecule has 1 aliphatic rings. The second kappa shape index (κ2) is 9.84. The zero-order valence-corrected chi connectivity index (χ0v) is 15.7. The summed E-state index contributed by atoms with van der Waals surface area (Å²) in [7, 11) is -2.00. The fraction of sp³-hybridized carbons (Fsp3) is 0.588. The number of carbonyl (C=O) groups excluding carboxylic acids is 1. The van der Waals surface area contributed by atoms with Gasteiger partial charge in [0.25, 0.3) is 0 Å². The molecule has 0 unspecified atom stereocenters. The van der Waals surface area contributed by atoms with Gasteiger partial charge in [0.05, 0.1) is 11.5 Å². The standard InChI is InChI=1S/C17H26FN3O4S/c1-25-13-10-20-17(22)19-9-6-14-7-11-21(12-8-14)26(23,24)16-4-2-15(18)3-5-16/h2-5,14H,6-13H2,1H3,(H2,19,20,22). The lowest BCUT2D eigenvalue weighted by Gasteiger charge is -2.31. The minimum atomic E-state index is -3.57. The summed E-state index contributed by atoms with van der Waals surface area (Å²) in [6.07, 6.45) is 2.29. The van der Waals surface area contributed by atoms with Gasteiger partial charge < -0.3 is 15.4 Å². The molecule has 2 amide bonds. The molecule has 7 nitrogen and oxygen atoms in total. The van der Waals surface area contributed by atoms with Crippen molar-refractivity contribution in [2.75, 3.05) is 39.9 Å². The largest absolute Gasteiger partial charge is 0.383 e. The Kier molecular flexibility index (Phi) is 7.80. The molecule has 1 aromatic rings. The molecule has 1 aliphatic heterocycles. The fourth-order valence-electron chi connectivity index (χ4n) is 2.91. The molecule has 26 heavy (non-hydrogen) atoms. The zero-order valence-electron chi connectivity index (χ0n) is 14.9. The van der Waals surface area contributed by atoms with Gasteiger partial charge in [-0.15, -0.1) is 0 Å². The van der Waals surface area contributed by atoms with Crippen LogP contribution in [-0.4, -0.2) is 58.6 Å². The minimum Gasteiger partial charge on any atom is -0.383 e. The van der Waals surface area contributed by atoms with E-state index in [9.17, 15) is 17.6 Å². The lowest BCUT2D eigenvalue weighted by Crippen LogP contribution is -2.40. The number of hydrogen-bond acceptors (Lipinski definition) is 4. The summed E-state index contributed by atoms with van der Waals surface area (Å²) >= 11 is 0. The van der Waals surface area contributed by atoms with E-state index < -0.39 is 15.8 Å².